The average molecular weight is 381 g/mol. The van der Waals surface area contributed by atoms with Gasteiger partial charge in [0.05, 0.1) is 23.9 Å². The summed E-state index contributed by atoms with van der Waals surface area (Å²) in [6.45, 7) is 0.980. The predicted molar refractivity (Wildman–Crippen MR) is 101 cm³/mol. The van der Waals surface area contributed by atoms with Gasteiger partial charge >= 0.3 is 5.97 Å². The highest BCUT2D eigenvalue weighted by Gasteiger charge is 2.20. The Morgan fingerprint density at radius 3 is 2.50 bits per heavy atom. The number of nitriles is 1. The first-order valence-corrected chi connectivity index (χ1v) is 8.37. The molecule has 0 saturated carbocycles. The quantitative estimate of drug-likeness (QED) is 0.707. The lowest BCUT2D eigenvalue weighted by atomic mass is 10.2. The molecule has 2 N–H and O–H groups in total. The summed E-state index contributed by atoms with van der Waals surface area (Å²) < 4.78 is 10.1. The second-order valence-corrected chi connectivity index (χ2v) is 5.66. The number of anilines is 1. The van der Waals surface area contributed by atoms with E-state index in [1.807, 2.05) is 6.07 Å². The fourth-order valence-electron chi connectivity index (χ4n) is 2.30. The third kappa shape index (κ3) is 5.32. The zero-order valence-electron chi connectivity index (χ0n) is 15.4. The molecular formula is C20H19N3O5. The second-order valence-electron chi connectivity index (χ2n) is 5.66. The van der Waals surface area contributed by atoms with Gasteiger partial charge in [0.2, 0.25) is 0 Å². The summed E-state index contributed by atoms with van der Waals surface area (Å²) in [5, 5.41) is 14.0. The van der Waals surface area contributed by atoms with Crippen LogP contribution in [0.15, 0.2) is 48.5 Å². The largest absolute Gasteiger partial charge is 0.496 e. The van der Waals surface area contributed by atoms with Gasteiger partial charge in [-0.2, -0.15) is 5.26 Å². The van der Waals surface area contributed by atoms with E-state index in [1.54, 1.807) is 48.5 Å². The van der Waals surface area contributed by atoms with Gasteiger partial charge in [-0.15, -0.1) is 0 Å². The number of hydrogen-bond donors (Lipinski definition) is 2. The van der Waals surface area contributed by atoms with E-state index in [2.05, 4.69) is 10.6 Å². The van der Waals surface area contributed by atoms with Crippen LogP contribution in [0.2, 0.25) is 0 Å². The van der Waals surface area contributed by atoms with Crippen molar-refractivity contribution < 1.29 is 23.9 Å². The molecule has 28 heavy (non-hydrogen) atoms. The van der Waals surface area contributed by atoms with Gasteiger partial charge in [0, 0.05) is 0 Å². The second kappa shape index (κ2) is 9.73. The maximum atomic E-state index is 12.2. The van der Waals surface area contributed by atoms with Crippen molar-refractivity contribution >= 4 is 23.5 Å². The number of amides is 2. The number of nitrogens with zero attached hydrogens (tertiary/aromatic N) is 1. The van der Waals surface area contributed by atoms with Crippen molar-refractivity contribution in [2.75, 3.05) is 19.0 Å². The van der Waals surface area contributed by atoms with Gasteiger partial charge in [0.1, 0.15) is 18.4 Å². The van der Waals surface area contributed by atoms with Crippen molar-refractivity contribution in [3.05, 3.63) is 59.7 Å². The Bertz CT molecular complexity index is 920. The topological polar surface area (TPSA) is 118 Å². The van der Waals surface area contributed by atoms with Crippen LogP contribution in [0.1, 0.15) is 22.8 Å². The number of para-hydroxylation sites is 2. The number of nitrogens with one attached hydrogen (secondary N) is 2. The molecule has 8 heteroatoms. The molecule has 0 aliphatic heterocycles. The Hall–Kier alpha value is -3.86. The van der Waals surface area contributed by atoms with E-state index in [9.17, 15) is 14.4 Å². The monoisotopic (exact) mass is 381 g/mol. The number of ether oxygens (including phenoxy) is 2. The van der Waals surface area contributed by atoms with Gasteiger partial charge in [0.25, 0.3) is 11.8 Å². The number of rotatable bonds is 7. The maximum absolute atomic E-state index is 12.2. The summed E-state index contributed by atoms with van der Waals surface area (Å²) in [7, 11) is 1.44. The minimum atomic E-state index is -1.11. The smallest absolute Gasteiger partial charge is 0.326 e. The summed E-state index contributed by atoms with van der Waals surface area (Å²) in [6.07, 6.45) is -1.11. The molecule has 2 aromatic carbocycles. The van der Waals surface area contributed by atoms with Crippen LogP contribution >= 0.6 is 0 Å². The lowest BCUT2D eigenvalue weighted by molar-refractivity contribution is -0.152. The van der Waals surface area contributed by atoms with Crippen LogP contribution in [0.4, 0.5) is 5.69 Å². The molecule has 2 amide bonds. The molecule has 0 aliphatic rings. The van der Waals surface area contributed by atoms with E-state index >= 15 is 0 Å². The molecule has 0 unspecified atom stereocenters. The Labute approximate surface area is 162 Å². The van der Waals surface area contributed by atoms with Crippen LogP contribution in [-0.4, -0.2) is 37.5 Å². The molecule has 0 fully saturated rings. The van der Waals surface area contributed by atoms with Crippen molar-refractivity contribution in [1.82, 2.24) is 5.32 Å². The molecule has 0 aliphatic carbocycles. The standard InChI is InChI=1S/C20H19N3O5/c1-13(19(25)23-16-9-5-3-7-14(16)11-21)28-18(24)12-22-20(26)15-8-4-6-10-17(15)27-2/h3-10,13H,12H2,1-2H3,(H,22,26)(H,23,25)/t13-/m0/s1. The summed E-state index contributed by atoms with van der Waals surface area (Å²) in [5.41, 5.74) is 0.887. The zero-order valence-corrected chi connectivity index (χ0v) is 15.4. The number of methoxy groups -OCH3 is 1. The van der Waals surface area contributed by atoms with E-state index < -0.39 is 30.4 Å². The summed E-state index contributed by atoms with van der Waals surface area (Å²) in [6, 6.07) is 15.0. The third-order valence-electron chi connectivity index (χ3n) is 3.73. The van der Waals surface area contributed by atoms with Crippen molar-refractivity contribution in [1.29, 1.82) is 5.26 Å². The van der Waals surface area contributed by atoms with Crippen LogP contribution < -0.4 is 15.4 Å². The first-order chi connectivity index (χ1) is 13.5. The maximum Gasteiger partial charge on any atom is 0.326 e. The molecule has 0 spiro atoms. The van der Waals surface area contributed by atoms with E-state index in [4.69, 9.17) is 14.7 Å². The van der Waals surface area contributed by atoms with Crippen molar-refractivity contribution in [3.63, 3.8) is 0 Å². The molecule has 2 rings (SSSR count). The molecule has 8 nitrogen and oxygen atoms in total. The van der Waals surface area contributed by atoms with Gasteiger partial charge in [-0.1, -0.05) is 24.3 Å². The SMILES string of the molecule is COc1ccccc1C(=O)NCC(=O)O[C@@H](C)C(=O)Nc1ccccc1C#N. The van der Waals surface area contributed by atoms with Crippen LogP contribution in [0.5, 0.6) is 5.75 Å². The Kier molecular flexibility index (Phi) is 7.11. The minimum absolute atomic E-state index is 0.275. The van der Waals surface area contributed by atoms with Crippen LogP contribution in [-0.2, 0) is 14.3 Å². The Balaban J connectivity index is 1.87. The Morgan fingerprint density at radius 1 is 1.11 bits per heavy atom. The summed E-state index contributed by atoms with van der Waals surface area (Å²) >= 11 is 0. The molecule has 0 heterocycles. The molecule has 2 aromatic rings. The lowest BCUT2D eigenvalue weighted by Crippen LogP contribution is -2.36. The first kappa shape index (κ1) is 20.5. The zero-order chi connectivity index (χ0) is 20.5. The van der Waals surface area contributed by atoms with Crippen molar-refractivity contribution in [2.24, 2.45) is 0 Å². The third-order valence-corrected chi connectivity index (χ3v) is 3.73. The minimum Gasteiger partial charge on any atom is -0.496 e. The molecular weight excluding hydrogens is 362 g/mol. The normalized spacial score (nSPS) is 10.9. The highest BCUT2D eigenvalue weighted by molar-refractivity contribution is 5.99. The van der Waals surface area contributed by atoms with Crippen molar-refractivity contribution in [2.45, 2.75) is 13.0 Å². The fraction of sp³-hybridized carbons (Fsp3) is 0.200. The Morgan fingerprint density at radius 2 is 1.79 bits per heavy atom. The molecule has 1 atom stereocenters. The molecule has 144 valence electrons. The number of carbonyl (C=O) groups is 3. The number of carbonyl (C=O) groups excluding carboxylic acids is 3. The highest BCUT2D eigenvalue weighted by atomic mass is 16.5. The number of hydrogen-bond acceptors (Lipinski definition) is 6. The van der Waals surface area contributed by atoms with E-state index in [-0.39, 0.29) is 5.56 Å². The van der Waals surface area contributed by atoms with Crippen LogP contribution in [0, 0.1) is 11.3 Å². The summed E-state index contributed by atoms with van der Waals surface area (Å²) in [5.74, 6) is -1.50. The highest BCUT2D eigenvalue weighted by Crippen LogP contribution is 2.17. The predicted octanol–water partition coefficient (Wildman–Crippen LogP) is 1.87. The fourth-order valence-corrected chi connectivity index (χ4v) is 2.30. The molecule has 0 aromatic heterocycles. The van der Waals surface area contributed by atoms with Gasteiger partial charge in [-0.25, -0.2) is 0 Å². The average Bonchev–Trinajstić information content (AvgIpc) is 2.72. The lowest BCUT2D eigenvalue weighted by Gasteiger charge is -2.14. The first-order valence-electron chi connectivity index (χ1n) is 8.37. The summed E-state index contributed by atoms with van der Waals surface area (Å²) in [4.78, 5) is 36.2. The number of esters is 1. The van der Waals surface area contributed by atoms with Crippen LogP contribution in [0.25, 0.3) is 0 Å². The van der Waals surface area contributed by atoms with Gasteiger partial charge in [-0.3, -0.25) is 14.4 Å². The van der Waals surface area contributed by atoms with Gasteiger partial charge < -0.3 is 20.1 Å². The van der Waals surface area contributed by atoms with Crippen LogP contribution in [0.3, 0.4) is 0 Å². The van der Waals surface area contributed by atoms with Crippen molar-refractivity contribution in [3.8, 4) is 11.8 Å². The number of benzene rings is 2. The molecule has 0 saturated heterocycles. The van der Waals surface area contributed by atoms with Gasteiger partial charge in [-0.05, 0) is 31.2 Å². The molecule has 0 bridgehead atoms. The van der Waals surface area contributed by atoms with E-state index in [1.165, 1.54) is 14.0 Å². The van der Waals surface area contributed by atoms with E-state index in [0.29, 0.717) is 17.0 Å². The molecule has 0 radical (unpaired) electrons. The van der Waals surface area contributed by atoms with Gasteiger partial charge in [0.15, 0.2) is 6.10 Å². The van der Waals surface area contributed by atoms with E-state index in [0.717, 1.165) is 0 Å².